The van der Waals surface area contributed by atoms with Gasteiger partial charge in [0.1, 0.15) is 5.76 Å². The van der Waals surface area contributed by atoms with E-state index in [2.05, 4.69) is 17.2 Å². The molecule has 1 aromatic heterocycles. The molecule has 0 amide bonds. The van der Waals surface area contributed by atoms with Crippen molar-refractivity contribution in [1.82, 2.24) is 10.3 Å². The van der Waals surface area contributed by atoms with E-state index >= 15 is 0 Å². The van der Waals surface area contributed by atoms with E-state index in [0.29, 0.717) is 0 Å². The third kappa shape index (κ3) is 1.88. The first-order valence-electron chi connectivity index (χ1n) is 6.44. The molecule has 1 aromatic rings. The molecule has 0 radical (unpaired) electrons. The monoisotopic (exact) mass is 220 g/mol. The molecule has 0 atom stereocenters. The Bertz CT molecular complexity index is 362. The zero-order valence-electron chi connectivity index (χ0n) is 9.96. The van der Waals surface area contributed by atoms with E-state index in [1.165, 1.54) is 38.5 Å². The van der Waals surface area contributed by atoms with Crippen LogP contribution in [0, 0.1) is 0 Å². The summed E-state index contributed by atoms with van der Waals surface area (Å²) >= 11 is 0. The summed E-state index contributed by atoms with van der Waals surface area (Å²) in [5, 5.41) is 3.52. The molecule has 2 aliphatic rings. The van der Waals surface area contributed by atoms with Crippen LogP contribution in [0.5, 0.6) is 0 Å². The van der Waals surface area contributed by atoms with Gasteiger partial charge in [0.25, 0.3) is 0 Å². The topological polar surface area (TPSA) is 38.1 Å². The Morgan fingerprint density at radius 1 is 1.44 bits per heavy atom. The lowest BCUT2D eigenvalue weighted by molar-refractivity contribution is 0.360. The Labute approximate surface area is 96.6 Å². The first-order chi connectivity index (χ1) is 7.78. The zero-order valence-corrected chi connectivity index (χ0v) is 9.96. The number of rotatable bonds is 4. The van der Waals surface area contributed by atoms with Crippen molar-refractivity contribution >= 4 is 0 Å². The van der Waals surface area contributed by atoms with E-state index in [4.69, 9.17) is 4.42 Å². The smallest absolute Gasteiger partial charge is 0.181 e. The summed E-state index contributed by atoms with van der Waals surface area (Å²) in [4.78, 5) is 4.38. The van der Waals surface area contributed by atoms with Crippen molar-refractivity contribution in [1.29, 1.82) is 0 Å². The summed E-state index contributed by atoms with van der Waals surface area (Å²) in [6.45, 7) is 3.20. The van der Waals surface area contributed by atoms with Crippen LogP contribution in [0.3, 0.4) is 0 Å². The Morgan fingerprint density at radius 3 is 2.88 bits per heavy atom. The van der Waals surface area contributed by atoms with E-state index in [1.807, 2.05) is 0 Å². The molecule has 88 valence electrons. The standard InChI is InChI=1S/C13H20N2O/c1-13(6-2-3-7-13)12-11(15-9-16-12)8-14-10-4-5-10/h9-10,14H,2-8H2,1H3. The molecule has 2 saturated carbocycles. The molecule has 0 spiro atoms. The van der Waals surface area contributed by atoms with E-state index in [0.717, 1.165) is 24.0 Å². The second kappa shape index (κ2) is 3.88. The van der Waals surface area contributed by atoms with Crippen LogP contribution in [-0.4, -0.2) is 11.0 Å². The fourth-order valence-corrected chi connectivity index (χ4v) is 2.80. The van der Waals surface area contributed by atoms with Gasteiger partial charge >= 0.3 is 0 Å². The number of aromatic nitrogens is 1. The molecule has 0 saturated heterocycles. The van der Waals surface area contributed by atoms with Crippen LogP contribution in [-0.2, 0) is 12.0 Å². The second-order valence-corrected chi connectivity index (χ2v) is 5.55. The maximum absolute atomic E-state index is 5.65. The molecule has 0 unspecified atom stereocenters. The van der Waals surface area contributed by atoms with Crippen LogP contribution in [0.25, 0.3) is 0 Å². The first-order valence-corrected chi connectivity index (χ1v) is 6.44. The predicted octanol–water partition coefficient (Wildman–Crippen LogP) is 2.76. The summed E-state index contributed by atoms with van der Waals surface area (Å²) in [6.07, 6.45) is 9.41. The van der Waals surface area contributed by atoms with Gasteiger partial charge in [-0.2, -0.15) is 0 Å². The molecule has 0 aliphatic heterocycles. The lowest BCUT2D eigenvalue weighted by Crippen LogP contribution is -2.22. The molecule has 0 aromatic carbocycles. The van der Waals surface area contributed by atoms with Crippen molar-refractivity contribution in [2.45, 2.75) is 63.5 Å². The second-order valence-electron chi connectivity index (χ2n) is 5.55. The molecule has 2 fully saturated rings. The molecule has 0 bridgehead atoms. The first kappa shape index (κ1) is 10.3. The van der Waals surface area contributed by atoms with Crippen LogP contribution in [0.2, 0.25) is 0 Å². The summed E-state index contributed by atoms with van der Waals surface area (Å²) in [5.41, 5.74) is 1.38. The molecule has 1 heterocycles. The maximum Gasteiger partial charge on any atom is 0.181 e. The average molecular weight is 220 g/mol. The highest BCUT2D eigenvalue weighted by Crippen LogP contribution is 2.41. The Hall–Kier alpha value is -0.830. The fourth-order valence-electron chi connectivity index (χ4n) is 2.80. The Kier molecular flexibility index (Phi) is 2.51. The van der Waals surface area contributed by atoms with Crippen LogP contribution in [0.1, 0.15) is 56.9 Å². The van der Waals surface area contributed by atoms with Crippen LogP contribution in [0.4, 0.5) is 0 Å². The number of hydrogen-bond acceptors (Lipinski definition) is 3. The third-order valence-corrected chi connectivity index (χ3v) is 4.03. The lowest BCUT2D eigenvalue weighted by atomic mass is 9.85. The molecule has 3 heteroatoms. The minimum atomic E-state index is 0.247. The van der Waals surface area contributed by atoms with E-state index < -0.39 is 0 Å². The molecule has 3 nitrogen and oxygen atoms in total. The van der Waals surface area contributed by atoms with Crippen LogP contribution < -0.4 is 5.32 Å². The van der Waals surface area contributed by atoms with Crippen LogP contribution >= 0.6 is 0 Å². The minimum Gasteiger partial charge on any atom is -0.448 e. The normalized spacial score (nSPS) is 23.8. The molecule has 16 heavy (non-hydrogen) atoms. The summed E-state index contributed by atoms with van der Waals surface area (Å²) in [5.74, 6) is 1.14. The van der Waals surface area contributed by atoms with Gasteiger partial charge in [-0.1, -0.05) is 19.8 Å². The van der Waals surface area contributed by atoms with Crippen molar-refractivity contribution < 1.29 is 4.42 Å². The third-order valence-electron chi connectivity index (χ3n) is 4.03. The summed E-state index contributed by atoms with van der Waals surface area (Å²) < 4.78 is 5.65. The van der Waals surface area contributed by atoms with Gasteiger partial charge in [-0.05, 0) is 25.7 Å². The lowest BCUT2D eigenvalue weighted by Gasteiger charge is -2.21. The number of oxazole rings is 1. The largest absolute Gasteiger partial charge is 0.448 e. The molecular weight excluding hydrogens is 200 g/mol. The van der Waals surface area contributed by atoms with E-state index in [1.54, 1.807) is 6.39 Å². The van der Waals surface area contributed by atoms with Gasteiger partial charge in [-0.3, -0.25) is 0 Å². The molecule has 2 aliphatic carbocycles. The number of hydrogen-bond donors (Lipinski definition) is 1. The summed E-state index contributed by atoms with van der Waals surface area (Å²) in [6, 6.07) is 0.737. The van der Waals surface area contributed by atoms with Gasteiger partial charge in [-0.15, -0.1) is 0 Å². The van der Waals surface area contributed by atoms with Gasteiger partial charge in [0, 0.05) is 18.0 Å². The van der Waals surface area contributed by atoms with Crippen molar-refractivity contribution in [3.8, 4) is 0 Å². The molecular formula is C13H20N2O. The predicted molar refractivity (Wildman–Crippen MR) is 62.2 cm³/mol. The van der Waals surface area contributed by atoms with Gasteiger partial charge in [-0.25, -0.2) is 4.98 Å². The molecule has 1 N–H and O–H groups in total. The van der Waals surface area contributed by atoms with Gasteiger partial charge in [0.15, 0.2) is 6.39 Å². The highest BCUT2D eigenvalue weighted by molar-refractivity contribution is 5.20. The average Bonchev–Trinajstić information content (AvgIpc) is 2.79. The van der Waals surface area contributed by atoms with Crippen molar-refractivity contribution in [2.24, 2.45) is 0 Å². The minimum absolute atomic E-state index is 0.247. The number of nitrogens with zero attached hydrogens (tertiary/aromatic N) is 1. The quantitative estimate of drug-likeness (QED) is 0.848. The maximum atomic E-state index is 5.65. The Morgan fingerprint density at radius 2 is 2.19 bits per heavy atom. The van der Waals surface area contributed by atoms with Crippen molar-refractivity contribution in [2.75, 3.05) is 0 Å². The zero-order chi connectivity index (χ0) is 11.0. The summed E-state index contributed by atoms with van der Waals surface area (Å²) in [7, 11) is 0. The molecule has 3 rings (SSSR count). The van der Waals surface area contributed by atoms with Gasteiger partial charge in [0.2, 0.25) is 0 Å². The van der Waals surface area contributed by atoms with E-state index in [9.17, 15) is 0 Å². The SMILES string of the molecule is CC1(c2ocnc2CNC2CC2)CCCC1. The van der Waals surface area contributed by atoms with Crippen molar-refractivity contribution in [3.63, 3.8) is 0 Å². The fraction of sp³-hybridized carbons (Fsp3) is 0.769. The highest BCUT2D eigenvalue weighted by atomic mass is 16.3. The highest BCUT2D eigenvalue weighted by Gasteiger charge is 2.36. The Balaban J connectivity index is 1.75. The van der Waals surface area contributed by atoms with Crippen LogP contribution in [0.15, 0.2) is 10.8 Å². The van der Waals surface area contributed by atoms with E-state index in [-0.39, 0.29) is 5.41 Å². The number of nitrogens with one attached hydrogen (secondary N) is 1. The van der Waals surface area contributed by atoms with Gasteiger partial charge in [0.05, 0.1) is 5.69 Å². The van der Waals surface area contributed by atoms with Gasteiger partial charge < -0.3 is 9.73 Å². The van der Waals surface area contributed by atoms with Crippen molar-refractivity contribution in [3.05, 3.63) is 17.8 Å².